The number of likely N-dealkylation sites (tertiary alicyclic amines) is 1. The Bertz CT molecular complexity index is 595. The van der Waals surface area contributed by atoms with Crippen molar-refractivity contribution in [3.8, 4) is 5.75 Å². The van der Waals surface area contributed by atoms with Gasteiger partial charge in [-0.1, -0.05) is 25.1 Å². The minimum absolute atomic E-state index is 0.00635. The molecule has 1 unspecified atom stereocenters. The molecule has 1 atom stereocenters. The minimum atomic E-state index is -0.104. The Balaban J connectivity index is 1.90. The fourth-order valence-electron chi connectivity index (χ4n) is 3.25. The molecule has 1 heterocycles. The lowest BCUT2D eigenvalue weighted by Gasteiger charge is -2.33. The van der Waals surface area contributed by atoms with Crippen molar-refractivity contribution in [2.45, 2.75) is 25.7 Å². The molecular formula is C19H29N3O3. The smallest absolute Gasteiger partial charge is 0.308 e. The van der Waals surface area contributed by atoms with Crippen LogP contribution in [-0.2, 0) is 9.53 Å². The number of nitrogens with zero attached hydrogens (tertiary/aromatic N) is 2. The summed E-state index contributed by atoms with van der Waals surface area (Å²) in [5.74, 6) is 1.98. The van der Waals surface area contributed by atoms with E-state index < -0.39 is 0 Å². The maximum atomic E-state index is 11.6. The van der Waals surface area contributed by atoms with Gasteiger partial charge in [0.1, 0.15) is 5.75 Å². The van der Waals surface area contributed by atoms with Crippen LogP contribution in [0.25, 0.3) is 0 Å². The first-order valence-electron chi connectivity index (χ1n) is 8.77. The third-order valence-corrected chi connectivity index (χ3v) is 4.78. The van der Waals surface area contributed by atoms with E-state index >= 15 is 0 Å². The van der Waals surface area contributed by atoms with Crippen LogP contribution in [0.2, 0.25) is 0 Å². The van der Waals surface area contributed by atoms with Crippen molar-refractivity contribution in [3.05, 3.63) is 29.8 Å². The molecule has 0 bridgehead atoms. The van der Waals surface area contributed by atoms with Crippen molar-refractivity contribution in [1.29, 1.82) is 0 Å². The highest BCUT2D eigenvalue weighted by Gasteiger charge is 2.27. The fraction of sp³-hybridized carbons (Fsp3) is 0.579. The number of aliphatic imine (C=N–C) groups is 1. The number of hydrogen-bond acceptors (Lipinski definition) is 4. The third-order valence-electron chi connectivity index (χ3n) is 4.78. The Hall–Kier alpha value is -2.24. The van der Waals surface area contributed by atoms with Crippen LogP contribution >= 0.6 is 0 Å². The minimum Gasteiger partial charge on any atom is -0.496 e. The second kappa shape index (κ2) is 9.30. The van der Waals surface area contributed by atoms with Crippen LogP contribution in [0, 0.1) is 5.92 Å². The van der Waals surface area contributed by atoms with E-state index in [2.05, 4.69) is 28.2 Å². The van der Waals surface area contributed by atoms with E-state index in [-0.39, 0.29) is 11.9 Å². The van der Waals surface area contributed by atoms with Crippen LogP contribution in [0.4, 0.5) is 0 Å². The lowest BCUT2D eigenvalue weighted by molar-refractivity contribution is -0.146. The summed E-state index contributed by atoms with van der Waals surface area (Å²) in [6, 6.07) is 8.08. The first kappa shape index (κ1) is 19.1. The zero-order chi connectivity index (χ0) is 18.2. The molecule has 0 amide bonds. The zero-order valence-electron chi connectivity index (χ0n) is 15.6. The molecule has 1 aromatic carbocycles. The molecular weight excluding hydrogens is 318 g/mol. The number of carbonyl (C=O) groups excluding carboxylic acids is 1. The van der Waals surface area contributed by atoms with E-state index in [4.69, 9.17) is 9.47 Å². The Kier molecular flexibility index (Phi) is 7.10. The number of guanidine groups is 1. The first-order valence-corrected chi connectivity index (χ1v) is 8.77. The number of benzene rings is 1. The standard InChI is InChI=1S/C19H29N3O3/c1-14(16-7-5-6-8-17(16)24-3)13-21-19(20-2)22-11-9-15(10-12-22)18(23)25-4/h5-8,14-15H,9-13H2,1-4H3,(H,20,21). The van der Waals surface area contributed by atoms with Crippen molar-refractivity contribution in [2.75, 3.05) is 40.9 Å². The largest absolute Gasteiger partial charge is 0.496 e. The Morgan fingerprint density at radius 3 is 2.60 bits per heavy atom. The summed E-state index contributed by atoms with van der Waals surface area (Å²) in [5.41, 5.74) is 1.18. The second-order valence-electron chi connectivity index (χ2n) is 6.36. The van der Waals surface area contributed by atoms with Gasteiger partial charge in [0.05, 0.1) is 20.1 Å². The summed E-state index contributed by atoms with van der Waals surface area (Å²) in [6.07, 6.45) is 1.60. The second-order valence-corrected chi connectivity index (χ2v) is 6.36. The first-order chi connectivity index (χ1) is 12.1. The van der Waals surface area contributed by atoms with Crippen LogP contribution in [0.1, 0.15) is 31.2 Å². The molecule has 0 spiro atoms. The third kappa shape index (κ3) is 4.87. The molecule has 1 saturated heterocycles. The number of nitrogens with one attached hydrogen (secondary N) is 1. The summed E-state index contributed by atoms with van der Waals surface area (Å²) in [4.78, 5) is 18.2. The van der Waals surface area contributed by atoms with Crippen LogP contribution in [0.3, 0.4) is 0 Å². The molecule has 0 saturated carbocycles. The molecule has 0 aromatic heterocycles. The number of para-hydroxylation sites is 1. The van der Waals surface area contributed by atoms with Gasteiger partial charge in [-0.15, -0.1) is 0 Å². The van der Waals surface area contributed by atoms with Crippen molar-refractivity contribution < 1.29 is 14.3 Å². The number of carbonyl (C=O) groups is 1. The fourth-order valence-corrected chi connectivity index (χ4v) is 3.25. The van der Waals surface area contributed by atoms with Crippen LogP contribution in [-0.4, -0.2) is 57.7 Å². The molecule has 2 rings (SSSR count). The normalized spacial score (nSPS) is 17.1. The number of methoxy groups -OCH3 is 2. The molecule has 1 N–H and O–H groups in total. The average Bonchev–Trinajstić information content (AvgIpc) is 2.68. The quantitative estimate of drug-likeness (QED) is 0.503. The maximum absolute atomic E-state index is 11.6. The predicted molar refractivity (Wildman–Crippen MR) is 99.1 cm³/mol. The van der Waals surface area contributed by atoms with Crippen LogP contribution in [0.5, 0.6) is 5.75 Å². The molecule has 1 fully saturated rings. The van der Waals surface area contributed by atoms with E-state index in [1.165, 1.54) is 12.7 Å². The Morgan fingerprint density at radius 2 is 2.00 bits per heavy atom. The number of rotatable bonds is 5. The molecule has 1 aromatic rings. The lowest BCUT2D eigenvalue weighted by atomic mass is 9.97. The number of hydrogen-bond donors (Lipinski definition) is 1. The van der Waals surface area contributed by atoms with Crippen molar-refractivity contribution in [3.63, 3.8) is 0 Å². The van der Waals surface area contributed by atoms with Gasteiger partial charge in [0, 0.05) is 32.6 Å². The van der Waals surface area contributed by atoms with E-state index in [9.17, 15) is 4.79 Å². The van der Waals surface area contributed by atoms with Crippen molar-refractivity contribution in [2.24, 2.45) is 10.9 Å². The number of esters is 1. The van der Waals surface area contributed by atoms with Gasteiger partial charge in [-0.25, -0.2) is 0 Å². The summed E-state index contributed by atoms with van der Waals surface area (Å²) in [7, 11) is 4.94. The van der Waals surface area contributed by atoms with Gasteiger partial charge in [0.25, 0.3) is 0 Å². The van der Waals surface area contributed by atoms with Gasteiger partial charge in [-0.05, 0) is 24.5 Å². The van der Waals surface area contributed by atoms with Gasteiger partial charge in [-0.3, -0.25) is 9.79 Å². The summed E-state index contributed by atoms with van der Waals surface area (Å²) in [6.45, 7) is 4.55. The zero-order valence-corrected chi connectivity index (χ0v) is 15.6. The lowest BCUT2D eigenvalue weighted by Crippen LogP contribution is -2.47. The molecule has 6 nitrogen and oxygen atoms in total. The van der Waals surface area contributed by atoms with E-state index in [0.717, 1.165) is 44.2 Å². The van der Waals surface area contributed by atoms with Gasteiger partial charge in [0.15, 0.2) is 5.96 Å². The average molecular weight is 347 g/mol. The molecule has 25 heavy (non-hydrogen) atoms. The Labute approximate surface area is 150 Å². The monoisotopic (exact) mass is 347 g/mol. The van der Waals surface area contributed by atoms with Crippen LogP contribution in [0.15, 0.2) is 29.3 Å². The summed E-state index contributed by atoms with van der Waals surface area (Å²) >= 11 is 0. The van der Waals surface area contributed by atoms with E-state index in [0.29, 0.717) is 5.92 Å². The maximum Gasteiger partial charge on any atom is 0.308 e. The van der Waals surface area contributed by atoms with Crippen molar-refractivity contribution >= 4 is 11.9 Å². The number of piperidine rings is 1. The number of ether oxygens (including phenoxy) is 2. The highest BCUT2D eigenvalue weighted by atomic mass is 16.5. The highest BCUT2D eigenvalue weighted by Crippen LogP contribution is 2.25. The molecule has 6 heteroatoms. The van der Waals surface area contributed by atoms with Gasteiger partial charge < -0.3 is 19.7 Å². The molecule has 1 aliphatic heterocycles. The Morgan fingerprint density at radius 1 is 1.32 bits per heavy atom. The van der Waals surface area contributed by atoms with E-state index in [1.54, 1.807) is 14.2 Å². The SMILES string of the molecule is CN=C(NCC(C)c1ccccc1OC)N1CCC(C(=O)OC)CC1. The summed E-state index contributed by atoms with van der Waals surface area (Å²) in [5, 5.41) is 3.45. The highest BCUT2D eigenvalue weighted by molar-refractivity contribution is 5.80. The van der Waals surface area contributed by atoms with Crippen LogP contribution < -0.4 is 10.1 Å². The molecule has 1 aliphatic rings. The molecule has 0 aliphatic carbocycles. The molecule has 0 radical (unpaired) electrons. The topological polar surface area (TPSA) is 63.2 Å². The van der Waals surface area contributed by atoms with Gasteiger partial charge in [0.2, 0.25) is 0 Å². The summed E-state index contributed by atoms with van der Waals surface area (Å²) < 4.78 is 10.3. The predicted octanol–water partition coefficient (Wildman–Crippen LogP) is 2.26. The van der Waals surface area contributed by atoms with Crippen molar-refractivity contribution in [1.82, 2.24) is 10.2 Å². The van der Waals surface area contributed by atoms with E-state index in [1.807, 2.05) is 18.2 Å². The van der Waals surface area contributed by atoms with Gasteiger partial charge >= 0.3 is 5.97 Å². The van der Waals surface area contributed by atoms with Gasteiger partial charge in [-0.2, -0.15) is 0 Å². The molecule has 138 valence electrons.